The van der Waals surface area contributed by atoms with Gasteiger partial charge in [-0.05, 0) is 26.2 Å². The van der Waals surface area contributed by atoms with Crippen LogP contribution in [0, 0.1) is 11.6 Å². The van der Waals surface area contributed by atoms with E-state index in [0.717, 1.165) is 17.6 Å². The van der Waals surface area contributed by atoms with Crippen molar-refractivity contribution in [3.8, 4) is 0 Å². The maximum absolute atomic E-state index is 14.1. The molecule has 2 aromatic rings. The van der Waals surface area contributed by atoms with Crippen molar-refractivity contribution in [2.45, 2.75) is 6.04 Å². The van der Waals surface area contributed by atoms with Gasteiger partial charge in [0.25, 0.3) is 0 Å². The van der Waals surface area contributed by atoms with Crippen LogP contribution in [0.2, 0.25) is 0 Å². The number of hydrogen-bond donors (Lipinski definition) is 1. The Morgan fingerprint density at radius 2 is 1.97 bits per heavy atom. The first kappa shape index (κ1) is 21.0. The lowest BCUT2D eigenvalue weighted by Crippen LogP contribution is -2.53. The zero-order valence-corrected chi connectivity index (χ0v) is 17.4. The third-order valence-corrected chi connectivity index (χ3v) is 5.23. The van der Waals surface area contributed by atoms with Crippen molar-refractivity contribution in [2.24, 2.45) is 12.0 Å². The molecule has 7 nitrogen and oxygen atoms in total. The number of aryl methyl sites for hydroxylation is 1. The molecule has 1 aliphatic rings. The molecule has 0 saturated carbocycles. The van der Waals surface area contributed by atoms with Gasteiger partial charge in [0, 0.05) is 64.6 Å². The van der Waals surface area contributed by atoms with Crippen LogP contribution in [0.15, 0.2) is 35.6 Å². The number of nitrogens with zero attached hydrogens (tertiary/aromatic N) is 6. The molecule has 3 rings (SSSR count). The molecule has 1 unspecified atom stereocenters. The van der Waals surface area contributed by atoms with Gasteiger partial charge in [0.05, 0.1) is 17.9 Å². The topological polar surface area (TPSA) is 51.9 Å². The van der Waals surface area contributed by atoms with Crippen molar-refractivity contribution in [3.05, 3.63) is 47.8 Å². The summed E-state index contributed by atoms with van der Waals surface area (Å²) in [7, 11) is 7.74. The molecule has 0 spiro atoms. The second-order valence-electron chi connectivity index (χ2n) is 7.42. The number of aromatic nitrogens is 2. The molecule has 1 aliphatic heterocycles. The van der Waals surface area contributed by atoms with Crippen LogP contribution in [0.4, 0.5) is 14.5 Å². The molecule has 0 amide bonds. The number of anilines is 1. The van der Waals surface area contributed by atoms with E-state index in [1.165, 1.54) is 12.1 Å². The van der Waals surface area contributed by atoms with Crippen LogP contribution >= 0.6 is 0 Å². The standard InChI is InChI=1S/C20H29F2N7/c1-23-20(24-13-19(26(2)3)15-12-25-27(4)14-15)29-9-7-28(8-10-29)18-11-16(21)5-6-17(18)22/h5-6,11-12,14,19H,7-10,13H2,1-4H3,(H,23,24). The lowest BCUT2D eigenvalue weighted by atomic mass is 10.1. The summed E-state index contributed by atoms with van der Waals surface area (Å²) in [5.41, 5.74) is 1.45. The van der Waals surface area contributed by atoms with Crippen LogP contribution in [0.1, 0.15) is 11.6 Å². The normalized spacial score (nSPS) is 16.4. The summed E-state index contributed by atoms with van der Waals surface area (Å²) in [6.07, 6.45) is 3.89. The maximum atomic E-state index is 14.1. The van der Waals surface area contributed by atoms with Gasteiger partial charge in [-0.3, -0.25) is 9.67 Å². The molecule has 1 aromatic carbocycles. The number of aliphatic imine (C=N–C) groups is 1. The highest BCUT2D eigenvalue weighted by Crippen LogP contribution is 2.22. The van der Waals surface area contributed by atoms with Crippen molar-refractivity contribution in [3.63, 3.8) is 0 Å². The minimum Gasteiger partial charge on any atom is -0.366 e. The molecule has 1 saturated heterocycles. The van der Waals surface area contributed by atoms with Gasteiger partial charge >= 0.3 is 0 Å². The Morgan fingerprint density at radius 1 is 1.24 bits per heavy atom. The van der Waals surface area contributed by atoms with Gasteiger partial charge in [0.1, 0.15) is 11.6 Å². The van der Waals surface area contributed by atoms with Crippen molar-refractivity contribution in [1.82, 2.24) is 24.9 Å². The van der Waals surface area contributed by atoms with E-state index in [1.54, 1.807) is 11.7 Å². The summed E-state index contributed by atoms with van der Waals surface area (Å²) in [5.74, 6) is -0.0146. The largest absolute Gasteiger partial charge is 0.366 e. The Balaban J connectivity index is 1.59. The third kappa shape index (κ3) is 5.03. The molecule has 158 valence electrons. The van der Waals surface area contributed by atoms with Gasteiger partial charge < -0.3 is 20.0 Å². The monoisotopic (exact) mass is 405 g/mol. The lowest BCUT2D eigenvalue weighted by molar-refractivity contribution is 0.292. The van der Waals surface area contributed by atoms with Gasteiger partial charge in [0.2, 0.25) is 0 Å². The molecule has 29 heavy (non-hydrogen) atoms. The van der Waals surface area contributed by atoms with E-state index in [4.69, 9.17) is 0 Å². The molecule has 0 aliphatic carbocycles. The molecule has 9 heteroatoms. The average Bonchev–Trinajstić information content (AvgIpc) is 3.13. The molecule has 1 atom stereocenters. The number of halogens is 2. The van der Waals surface area contributed by atoms with Crippen LogP contribution in [0.25, 0.3) is 0 Å². The van der Waals surface area contributed by atoms with Gasteiger partial charge in [-0.2, -0.15) is 5.10 Å². The van der Waals surface area contributed by atoms with Gasteiger partial charge in [-0.15, -0.1) is 0 Å². The Hall–Kier alpha value is -2.68. The Bertz CT molecular complexity index is 841. The number of rotatable bonds is 5. The zero-order chi connectivity index (χ0) is 21.0. The smallest absolute Gasteiger partial charge is 0.193 e. The quantitative estimate of drug-likeness (QED) is 0.606. The molecule has 1 fully saturated rings. The highest BCUT2D eigenvalue weighted by Gasteiger charge is 2.23. The predicted octanol–water partition coefficient (Wildman–Crippen LogP) is 1.70. The minimum absolute atomic E-state index is 0.156. The van der Waals surface area contributed by atoms with Crippen LogP contribution in [-0.2, 0) is 7.05 Å². The first-order chi connectivity index (χ1) is 13.9. The predicted molar refractivity (Wildman–Crippen MR) is 111 cm³/mol. The van der Waals surface area contributed by atoms with Crippen molar-refractivity contribution >= 4 is 11.6 Å². The van der Waals surface area contributed by atoms with E-state index in [-0.39, 0.29) is 6.04 Å². The molecular weight excluding hydrogens is 376 g/mol. The summed E-state index contributed by atoms with van der Waals surface area (Å²) < 4.78 is 29.4. The van der Waals surface area contributed by atoms with E-state index in [1.807, 2.05) is 38.4 Å². The zero-order valence-electron chi connectivity index (χ0n) is 17.4. The number of likely N-dealkylation sites (N-methyl/N-ethyl adjacent to an activating group) is 1. The molecule has 1 aromatic heterocycles. The highest BCUT2D eigenvalue weighted by molar-refractivity contribution is 5.80. The van der Waals surface area contributed by atoms with Gasteiger partial charge in [-0.25, -0.2) is 8.78 Å². The average molecular weight is 405 g/mol. The summed E-state index contributed by atoms with van der Waals surface area (Å²) >= 11 is 0. The van der Waals surface area contributed by atoms with Crippen LogP contribution < -0.4 is 10.2 Å². The lowest BCUT2D eigenvalue weighted by Gasteiger charge is -2.38. The van der Waals surface area contributed by atoms with E-state index in [0.29, 0.717) is 38.4 Å². The minimum atomic E-state index is -0.425. The molecule has 2 heterocycles. The van der Waals surface area contributed by atoms with E-state index in [9.17, 15) is 8.78 Å². The number of nitrogens with one attached hydrogen (secondary N) is 1. The number of benzene rings is 1. The number of piperazine rings is 1. The summed E-state index contributed by atoms with van der Waals surface area (Å²) in [5, 5.41) is 7.71. The van der Waals surface area contributed by atoms with Gasteiger partial charge in [-0.1, -0.05) is 0 Å². The number of hydrogen-bond acceptors (Lipinski definition) is 4. The van der Waals surface area contributed by atoms with Crippen LogP contribution in [0.3, 0.4) is 0 Å². The Kier molecular flexibility index (Phi) is 6.68. The van der Waals surface area contributed by atoms with Crippen LogP contribution in [0.5, 0.6) is 0 Å². The van der Waals surface area contributed by atoms with E-state index in [2.05, 4.69) is 25.2 Å². The highest BCUT2D eigenvalue weighted by atomic mass is 19.1. The molecule has 0 bridgehead atoms. The van der Waals surface area contributed by atoms with E-state index < -0.39 is 11.6 Å². The van der Waals surface area contributed by atoms with Gasteiger partial charge in [0.15, 0.2) is 5.96 Å². The third-order valence-electron chi connectivity index (χ3n) is 5.23. The second kappa shape index (κ2) is 9.21. The van der Waals surface area contributed by atoms with E-state index >= 15 is 0 Å². The fourth-order valence-electron chi connectivity index (χ4n) is 3.62. The SMILES string of the molecule is CN=C(NCC(c1cnn(C)c1)N(C)C)N1CCN(c2cc(F)ccc2F)CC1. The summed E-state index contributed by atoms with van der Waals surface area (Å²) in [4.78, 5) is 10.6. The van der Waals surface area contributed by atoms with Crippen molar-refractivity contribution < 1.29 is 8.78 Å². The Labute approximate surface area is 170 Å². The molecular formula is C20H29F2N7. The second-order valence-corrected chi connectivity index (χ2v) is 7.42. The van der Waals surface area contributed by atoms with Crippen LogP contribution in [-0.4, -0.2) is 79.4 Å². The first-order valence-corrected chi connectivity index (χ1v) is 9.69. The fourth-order valence-corrected chi connectivity index (χ4v) is 3.62. The first-order valence-electron chi connectivity index (χ1n) is 9.69. The summed E-state index contributed by atoms with van der Waals surface area (Å²) in [6, 6.07) is 3.73. The Morgan fingerprint density at radius 3 is 2.55 bits per heavy atom. The maximum Gasteiger partial charge on any atom is 0.193 e. The number of guanidine groups is 1. The van der Waals surface area contributed by atoms with Crippen molar-refractivity contribution in [2.75, 3.05) is 58.8 Å². The molecule has 0 radical (unpaired) electrons. The fraction of sp³-hybridized carbons (Fsp3) is 0.500. The molecule has 1 N–H and O–H groups in total. The summed E-state index contributed by atoms with van der Waals surface area (Å²) in [6.45, 7) is 3.23. The van der Waals surface area contributed by atoms with Crippen molar-refractivity contribution in [1.29, 1.82) is 0 Å².